The zero-order chi connectivity index (χ0) is 15.7. The van der Waals surface area contributed by atoms with Crippen LogP contribution in [0.4, 0.5) is 0 Å². The lowest BCUT2D eigenvalue weighted by atomic mass is 9.44. The molecule has 22 heavy (non-hydrogen) atoms. The smallest absolute Gasteiger partial charge is 0.139 e. The van der Waals surface area contributed by atoms with Crippen LogP contribution >= 0.6 is 0 Å². The van der Waals surface area contributed by atoms with E-state index < -0.39 is 0 Å². The molecule has 0 heterocycles. The third kappa shape index (κ3) is 1.84. The van der Waals surface area contributed by atoms with Gasteiger partial charge >= 0.3 is 0 Å². The van der Waals surface area contributed by atoms with Crippen LogP contribution < -0.4 is 0 Å². The van der Waals surface area contributed by atoms with Gasteiger partial charge in [-0.1, -0.05) is 13.8 Å². The second kappa shape index (κ2) is 4.80. The second-order valence-electron chi connectivity index (χ2n) is 9.14. The first kappa shape index (κ1) is 15.1. The van der Waals surface area contributed by atoms with E-state index in [1.165, 1.54) is 0 Å². The van der Waals surface area contributed by atoms with Gasteiger partial charge in [0.25, 0.3) is 0 Å². The van der Waals surface area contributed by atoms with E-state index in [0.717, 1.165) is 51.4 Å². The highest BCUT2D eigenvalue weighted by Gasteiger charge is 2.61. The number of fused-ring (bicyclic) bond motifs is 5. The maximum Gasteiger partial charge on any atom is 0.139 e. The van der Waals surface area contributed by atoms with E-state index in [2.05, 4.69) is 13.8 Å². The van der Waals surface area contributed by atoms with E-state index in [9.17, 15) is 15.0 Å². The number of Topliss-reactive ketones (excluding diaryl/α,β-unsaturated/α-hetero) is 1. The highest BCUT2D eigenvalue weighted by Crippen LogP contribution is 2.65. The molecular formula is C19H30O3. The summed E-state index contributed by atoms with van der Waals surface area (Å²) in [6.07, 6.45) is 6.97. The number of hydrogen-bond donors (Lipinski definition) is 2. The van der Waals surface area contributed by atoms with Crippen molar-refractivity contribution in [3.8, 4) is 0 Å². The normalized spacial score (nSPS) is 57.9. The Morgan fingerprint density at radius 2 is 1.73 bits per heavy atom. The minimum Gasteiger partial charge on any atom is -0.393 e. The first-order valence-corrected chi connectivity index (χ1v) is 9.25. The van der Waals surface area contributed by atoms with Crippen molar-refractivity contribution in [3.05, 3.63) is 0 Å². The van der Waals surface area contributed by atoms with Crippen molar-refractivity contribution >= 4 is 5.78 Å². The van der Waals surface area contributed by atoms with Gasteiger partial charge in [0.2, 0.25) is 0 Å². The Labute approximate surface area is 133 Å². The molecule has 0 saturated heterocycles. The minimum absolute atomic E-state index is 0.113. The number of hydrogen-bond acceptors (Lipinski definition) is 3. The summed E-state index contributed by atoms with van der Waals surface area (Å²) in [4.78, 5) is 12.4. The van der Waals surface area contributed by atoms with Crippen molar-refractivity contribution in [2.45, 2.75) is 77.4 Å². The fourth-order valence-corrected chi connectivity index (χ4v) is 7.05. The number of aliphatic hydroxyl groups is 2. The van der Waals surface area contributed by atoms with E-state index >= 15 is 0 Å². The first-order valence-electron chi connectivity index (χ1n) is 9.25. The SMILES string of the molecule is C[C@]12CC[C@H](O)C[C@@H]1[C@H](O)C[C@@H]1[C@@H]2CC[C@]2(C)C(=O)CC[C@@H]12. The lowest BCUT2D eigenvalue weighted by molar-refractivity contribution is -0.170. The molecule has 124 valence electrons. The molecule has 3 nitrogen and oxygen atoms in total. The third-order valence-corrected chi connectivity index (χ3v) is 8.36. The zero-order valence-corrected chi connectivity index (χ0v) is 13.9. The Morgan fingerprint density at radius 3 is 2.50 bits per heavy atom. The molecule has 4 fully saturated rings. The summed E-state index contributed by atoms with van der Waals surface area (Å²) in [6.45, 7) is 4.55. The quantitative estimate of drug-likeness (QED) is 0.723. The molecule has 8 atom stereocenters. The molecule has 0 radical (unpaired) electrons. The van der Waals surface area contributed by atoms with Crippen LogP contribution in [0.1, 0.15) is 65.2 Å². The standard InChI is InChI=1S/C19H30O3/c1-18-7-5-11(20)9-15(18)16(21)10-12-13-3-4-17(22)19(13,2)8-6-14(12)18/h11-16,20-21H,3-10H2,1-2H3/t11-,12-,13-,14-,15+,16+,18+,19-/m0/s1. The summed E-state index contributed by atoms with van der Waals surface area (Å²) in [7, 11) is 0. The summed E-state index contributed by atoms with van der Waals surface area (Å²) >= 11 is 0. The molecule has 4 saturated carbocycles. The highest BCUT2D eigenvalue weighted by molar-refractivity contribution is 5.87. The summed E-state index contributed by atoms with van der Waals surface area (Å²) in [5.41, 5.74) is 0.0484. The van der Waals surface area contributed by atoms with Gasteiger partial charge in [-0.25, -0.2) is 0 Å². The topological polar surface area (TPSA) is 57.5 Å². The molecule has 0 aromatic carbocycles. The van der Waals surface area contributed by atoms with Gasteiger partial charge in [-0.05, 0) is 74.0 Å². The summed E-state index contributed by atoms with van der Waals surface area (Å²) in [6, 6.07) is 0. The van der Waals surface area contributed by atoms with Crippen LogP contribution in [0.15, 0.2) is 0 Å². The van der Waals surface area contributed by atoms with Gasteiger partial charge in [0.15, 0.2) is 0 Å². The predicted octanol–water partition coefficient (Wildman–Crippen LogP) is 2.93. The molecule has 3 heteroatoms. The van der Waals surface area contributed by atoms with Crippen LogP contribution in [0.5, 0.6) is 0 Å². The average Bonchev–Trinajstić information content (AvgIpc) is 2.77. The molecular weight excluding hydrogens is 276 g/mol. The Balaban J connectivity index is 1.68. The first-order chi connectivity index (χ1) is 10.4. The van der Waals surface area contributed by atoms with Gasteiger partial charge < -0.3 is 10.2 Å². The van der Waals surface area contributed by atoms with Crippen molar-refractivity contribution in [2.24, 2.45) is 34.5 Å². The summed E-state index contributed by atoms with van der Waals surface area (Å²) in [5, 5.41) is 20.8. The summed E-state index contributed by atoms with van der Waals surface area (Å²) < 4.78 is 0. The largest absolute Gasteiger partial charge is 0.393 e. The average molecular weight is 306 g/mol. The number of aliphatic hydroxyl groups excluding tert-OH is 2. The number of ketones is 1. The highest BCUT2D eigenvalue weighted by atomic mass is 16.3. The van der Waals surface area contributed by atoms with Crippen molar-refractivity contribution in [3.63, 3.8) is 0 Å². The predicted molar refractivity (Wildman–Crippen MR) is 84.1 cm³/mol. The van der Waals surface area contributed by atoms with Gasteiger partial charge in [-0.15, -0.1) is 0 Å². The zero-order valence-electron chi connectivity index (χ0n) is 13.9. The van der Waals surface area contributed by atoms with Gasteiger partial charge in [-0.2, -0.15) is 0 Å². The molecule has 0 aromatic heterocycles. The van der Waals surface area contributed by atoms with E-state index in [1.54, 1.807) is 0 Å². The molecule has 0 unspecified atom stereocenters. The second-order valence-corrected chi connectivity index (χ2v) is 9.14. The van der Waals surface area contributed by atoms with Gasteiger partial charge in [0, 0.05) is 11.8 Å². The number of carbonyl (C=O) groups excluding carboxylic acids is 1. The molecule has 0 amide bonds. The van der Waals surface area contributed by atoms with Crippen molar-refractivity contribution in [1.82, 2.24) is 0 Å². The van der Waals surface area contributed by atoms with E-state index in [0.29, 0.717) is 23.5 Å². The third-order valence-electron chi connectivity index (χ3n) is 8.36. The number of rotatable bonds is 0. The van der Waals surface area contributed by atoms with Crippen LogP contribution in [0.3, 0.4) is 0 Å². The van der Waals surface area contributed by atoms with Gasteiger partial charge in [0.1, 0.15) is 5.78 Å². The molecule has 0 spiro atoms. The molecule has 4 aliphatic rings. The van der Waals surface area contributed by atoms with Crippen LogP contribution in [0.25, 0.3) is 0 Å². The van der Waals surface area contributed by atoms with Crippen molar-refractivity contribution in [1.29, 1.82) is 0 Å². The molecule has 0 aliphatic heterocycles. The van der Waals surface area contributed by atoms with Gasteiger partial charge in [0.05, 0.1) is 12.2 Å². The maximum absolute atomic E-state index is 12.4. The van der Waals surface area contributed by atoms with Crippen LogP contribution in [-0.2, 0) is 4.79 Å². The lowest BCUT2D eigenvalue weighted by Crippen LogP contribution is -2.58. The lowest BCUT2D eigenvalue weighted by Gasteiger charge is -2.61. The van der Waals surface area contributed by atoms with E-state index in [1.807, 2.05) is 0 Å². The Hall–Kier alpha value is -0.410. The van der Waals surface area contributed by atoms with Crippen molar-refractivity contribution < 1.29 is 15.0 Å². The van der Waals surface area contributed by atoms with Crippen LogP contribution in [-0.4, -0.2) is 28.2 Å². The summed E-state index contributed by atoms with van der Waals surface area (Å²) in [5.74, 6) is 2.35. The molecule has 4 rings (SSSR count). The Bertz CT molecular complexity index is 489. The van der Waals surface area contributed by atoms with Crippen LogP contribution in [0, 0.1) is 34.5 Å². The minimum atomic E-state index is -0.292. The van der Waals surface area contributed by atoms with E-state index in [4.69, 9.17) is 0 Å². The fraction of sp³-hybridized carbons (Fsp3) is 0.947. The molecule has 2 N–H and O–H groups in total. The Kier molecular flexibility index (Phi) is 3.30. The molecule has 0 aromatic rings. The Morgan fingerprint density at radius 1 is 0.955 bits per heavy atom. The van der Waals surface area contributed by atoms with Crippen LogP contribution in [0.2, 0.25) is 0 Å². The monoisotopic (exact) mass is 306 g/mol. The van der Waals surface area contributed by atoms with E-state index in [-0.39, 0.29) is 29.0 Å². The van der Waals surface area contributed by atoms with Gasteiger partial charge in [-0.3, -0.25) is 4.79 Å². The molecule has 0 bridgehead atoms. The molecule has 4 aliphatic carbocycles. The van der Waals surface area contributed by atoms with Crippen molar-refractivity contribution in [2.75, 3.05) is 0 Å². The number of carbonyl (C=O) groups is 1. The maximum atomic E-state index is 12.4. The fourth-order valence-electron chi connectivity index (χ4n) is 7.05.